The number of likely N-dealkylation sites (tertiary alicyclic amines) is 1. The number of amides is 1. The van der Waals surface area contributed by atoms with E-state index in [4.69, 9.17) is 5.11 Å². The Balaban J connectivity index is 2.06. The number of hydrogen-bond acceptors (Lipinski definition) is 5. The zero-order valence-corrected chi connectivity index (χ0v) is 15.0. The van der Waals surface area contributed by atoms with Crippen molar-refractivity contribution in [1.29, 1.82) is 0 Å². The van der Waals surface area contributed by atoms with E-state index in [1.165, 1.54) is 0 Å². The fourth-order valence-electron chi connectivity index (χ4n) is 3.43. The first-order valence-electron chi connectivity index (χ1n) is 8.81. The highest BCUT2D eigenvalue weighted by molar-refractivity contribution is 5.95. The fraction of sp³-hybridized carbons (Fsp3) is 0.765. The van der Waals surface area contributed by atoms with Gasteiger partial charge in [0.15, 0.2) is 0 Å². The molecular formula is C17H30N4O3. The van der Waals surface area contributed by atoms with Crippen LogP contribution in [0.2, 0.25) is 0 Å². The molecule has 0 aromatic carbocycles. The Kier molecular flexibility index (Phi) is 6.77. The van der Waals surface area contributed by atoms with Crippen molar-refractivity contribution in [3.8, 4) is 0 Å². The molecule has 1 amide bonds. The van der Waals surface area contributed by atoms with Crippen LogP contribution in [0.3, 0.4) is 0 Å². The van der Waals surface area contributed by atoms with E-state index in [0.717, 1.165) is 25.3 Å². The van der Waals surface area contributed by atoms with Crippen molar-refractivity contribution in [3.05, 3.63) is 17.5 Å². The first-order valence-corrected chi connectivity index (χ1v) is 8.81. The van der Waals surface area contributed by atoms with Gasteiger partial charge in [0.05, 0.1) is 17.9 Å². The summed E-state index contributed by atoms with van der Waals surface area (Å²) in [6, 6.07) is 0. The molecule has 0 spiro atoms. The van der Waals surface area contributed by atoms with E-state index in [2.05, 4.69) is 16.9 Å². The van der Waals surface area contributed by atoms with Gasteiger partial charge in [-0.2, -0.15) is 5.10 Å². The van der Waals surface area contributed by atoms with Gasteiger partial charge in [-0.05, 0) is 26.3 Å². The van der Waals surface area contributed by atoms with Crippen molar-refractivity contribution in [2.24, 2.45) is 11.8 Å². The first-order chi connectivity index (χ1) is 11.5. The van der Waals surface area contributed by atoms with Crippen LogP contribution < -0.4 is 0 Å². The molecular weight excluding hydrogens is 308 g/mol. The van der Waals surface area contributed by atoms with Crippen LogP contribution in [-0.2, 0) is 6.54 Å². The van der Waals surface area contributed by atoms with Gasteiger partial charge in [0.2, 0.25) is 0 Å². The molecule has 1 fully saturated rings. The van der Waals surface area contributed by atoms with Gasteiger partial charge in [-0.1, -0.05) is 6.92 Å². The predicted octanol–water partition coefficient (Wildman–Crippen LogP) is 0.206. The lowest BCUT2D eigenvalue weighted by Crippen LogP contribution is -2.36. The number of rotatable bonds is 8. The van der Waals surface area contributed by atoms with E-state index < -0.39 is 0 Å². The van der Waals surface area contributed by atoms with Gasteiger partial charge < -0.3 is 20.0 Å². The third-order valence-electron chi connectivity index (χ3n) is 4.96. The average Bonchev–Trinajstić information content (AvgIpc) is 3.16. The third kappa shape index (κ3) is 4.15. The Morgan fingerprint density at radius 1 is 1.33 bits per heavy atom. The molecule has 1 aliphatic heterocycles. The summed E-state index contributed by atoms with van der Waals surface area (Å²) in [6.07, 6.45) is 1.81. The maximum absolute atomic E-state index is 12.8. The number of aliphatic hydroxyl groups excluding tert-OH is 2. The summed E-state index contributed by atoms with van der Waals surface area (Å²) in [6.45, 7) is 10.3. The zero-order valence-electron chi connectivity index (χ0n) is 15.0. The summed E-state index contributed by atoms with van der Waals surface area (Å²) >= 11 is 0. The molecule has 0 saturated carbocycles. The van der Waals surface area contributed by atoms with Crippen LogP contribution >= 0.6 is 0 Å². The fourth-order valence-corrected chi connectivity index (χ4v) is 3.43. The monoisotopic (exact) mass is 338 g/mol. The lowest BCUT2D eigenvalue weighted by Gasteiger charge is -2.25. The number of likely N-dealkylation sites (N-methyl/N-ethyl adjacent to an activating group) is 1. The number of nitrogens with zero attached hydrogens (tertiary/aromatic N) is 4. The molecule has 0 unspecified atom stereocenters. The molecule has 2 atom stereocenters. The van der Waals surface area contributed by atoms with Gasteiger partial charge >= 0.3 is 0 Å². The highest BCUT2D eigenvalue weighted by Crippen LogP contribution is 2.26. The van der Waals surface area contributed by atoms with Crippen molar-refractivity contribution in [2.45, 2.75) is 27.3 Å². The Bertz CT molecular complexity index is 546. The molecule has 0 bridgehead atoms. The van der Waals surface area contributed by atoms with Crippen LogP contribution in [0.5, 0.6) is 0 Å². The summed E-state index contributed by atoms with van der Waals surface area (Å²) in [4.78, 5) is 16.8. The molecule has 136 valence electrons. The molecule has 2 N–H and O–H groups in total. The molecule has 1 aliphatic rings. The number of hydrogen-bond donors (Lipinski definition) is 2. The first kappa shape index (κ1) is 18.9. The van der Waals surface area contributed by atoms with Crippen LogP contribution in [0.25, 0.3) is 0 Å². The Labute approximate surface area is 143 Å². The second kappa shape index (κ2) is 8.60. The smallest absolute Gasteiger partial charge is 0.257 e. The van der Waals surface area contributed by atoms with E-state index in [9.17, 15) is 9.90 Å². The van der Waals surface area contributed by atoms with Gasteiger partial charge in [0.1, 0.15) is 0 Å². The molecule has 1 aromatic heterocycles. The van der Waals surface area contributed by atoms with Gasteiger partial charge in [-0.25, -0.2) is 0 Å². The summed E-state index contributed by atoms with van der Waals surface area (Å²) in [5.74, 6) is 0.313. The number of carbonyl (C=O) groups is 1. The predicted molar refractivity (Wildman–Crippen MR) is 91.8 cm³/mol. The largest absolute Gasteiger partial charge is 0.396 e. The molecule has 2 heterocycles. The van der Waals surface area contributed by atoms with Crippen molar-refractivity contribution in [3.63, 3.8) is 0 Å². The molecule has 7 nitrogen and oxygen atoms in total. The number of aryl methyl sites for hydroxylation is 2. The van der Waals surface area contributed by atoms with Gasteiger partial charge in [0, 0.05) is 51.4 Å². The molecule has 2 rings (SSSR count). The second-order valence-corrected chi connectivity index (χ2v) is 6.51. The SMILES string of the molecule is CCN(CCO)C[C@@H]1CN(C(=O)c2cn(CC)nc2C)C[C@@H]1CO. The number of aromatic nitrogens is 2. The highest BCUT2D eigenvalue weighted by Gasteiger charge is 2.36. The van der Waals surface area contributed by atoms with Crippen LogP contribution in [-0.4, -0.2) is 81.6 Å². The van der Waals surface area contributed by atoms with Crippen molar-refractivity contribution in [2.75, 3.05) is 45.9 Å². The quantitative estimate of drug-likeness (QED) is 0.708. The third-order valence-corrected chi connectivity index (χ3v) is 4.96. The van der Waals surface area contributed by atoms with Crippen molar-refractivity contribution >= 4 is 5.91 Å². The topological polar surface area (TPSA) is 81.8 Å². The highest BCUT2D eigenvalue weighted by atomic mass is 16.3. The van der Waals surface area contributed by atoms with E-state index >= 15 is 0 Å². The van der Waals surface area contributed by atoms with Crippen molar-refractivity contribution in [1.82, 2.24) is 19.6 Å². The molecule has 0 aliphatic carbocycles. The number of aliphatic hydroxyl groups is 2. The minimum absolute atomic E-state index is 0.00152. The maximum atomic E-state index is 12.8. The normalized spacial score (nSPS) is 21.0. The lowest BCUT2D eigenvalue weighted by atomic mass is 9.96. The molecule has 1 aromatic rings. The van der Waals surface area contributed by atoms with E-state index in [-0.39, 0.29) is 31.0 Å². The number of carbonyl (C=O) groups excluding carboxylic acids is 1. The summed E-state index contributed by atoms with van der Waals surface area (Å²) in [5, 5.41) is 23.2. The van der Waals surface area contributed by atoms with Crippen LogP contribution in [0.15, 0.2) is 6.20 Å². The second-order valence-electron chi connectivity index (χ2n) is 6.51. The Hall–Kier alpha value is -1.44. The molecule has 0 radical (unpaired) electrons. The summed E-state index contributed by atoms with van der Waals surface area (Å²) in [5.41, 5.74) is 1.40. The minimum Gasteiger partial charge on any atom is -0.396 e. The van der Waals surface area contributed by atoms with Crippen LogP contribution in [0.1, 0.15) is 29.9 Å². The Morgan fingerprint density at radius 3 is 2.58 bits per heavy atom. The average molecular weight is 338 g/mol. The standard InChI is InChI=1S/C17H30N4O3/c1-4-19(6-7-22)8-14-9-20(10-15(14)12-23)17(24)16-11-21(5-2)18-13(16)3/h11,14-15,22-23H,4-10,12H2,1-3H3/t14-,15-/m1/s1. The Morgan fingerprint density at radius 2 is 2.04 bits per heavy atom. The minimum atomic E-state index is -0.00152. The van der Waals surface area contributed by atoms with Crippen LogP contribution in [0.4, 0.5) is 0 Å². The van der Waals surface area contributed by atoms with Crippen molar-refractivity contribution < 1.29 is 15.0 Å². The van der Waals surface area contributed by atoms with E-state index in [1.54, 1.807) is 4.68 Å². The zero-order chi connectivity index (χ0) is 17.7. The van der Waals surface area contributed by atoms with E-state index in [0.29, 0.717) is 25.2 Å². The summed E-state index contributed by atoms with van der Waals surface area (Å²) < 4.78 is 1.78. The lowest BCUT2D eigenvalue weighted by molar-refractivity contribution is 0.0777. The summed E-state index contributed by atoms with van der Waals surface area (Å²) in [7, 11) is 0. The van der Waals surface area contributed by atoms with Crippen LogP contribution in [0, 0.1) is 18.8 Å². The molecule has 7 heteroatoms. The molecule has 24 heavy (non-hydrogen) atoms. The van der Waals surface area contributed by atoms with Gasteiger partial charge in [-0.3, -0.25) is 9.48 Å². The van der Waals surface area contributed by atoms with Gasteiger partial charge in [-0.15, -0.1) is 0 Å². The molecule has 1 saturated heterocycles. The van der Waals surface area contributed by atoms with E-state index in [1.807, 2.05) is 24.9 Å². The maximum Gasteiger partial charge on any atom is 0.257 e. The van der Waals surface area contributed by atoms with Gasteiger partial charge in [0.25, 0.3) is 5.91 Å².